The van der Waals surface area contributed by atoms with Gasteiger partial charge in [0.05, 0.1) is 32.0 Å². The van der Waals surface area contributed by atoms with Crippen molar-refractivity contribution in [2.45, 2.75) is 55.5 Å². The minimum absolute atomic E-state index is 0.0813. The summed E-state index contributed by atoms with van der Waals surface area (Å²) in [5.74, 6) is -0.845. The van der Waals surface area contributed by atoms with E-state index in [0.717, 1.165) is 17.1 Å². The third-order valence-corrected chi connectivity index (χ3v) is 10.9. The molecule has 0 aromatic carbocycles. The molecule has 3 saturated heterocycles. The highest BCUT2D eigenvalue weighted by Gasteiger charge is 2.52. The fourth-order valence-electron chi connectivity index (χ4n) is 5.63. The number of aromatic amines is 1. The molecule has 0 saturated carbocycles. The predicted octanol–water partition coefficient (Wildman–Crippen LogP) is 0.264. The van der Waals surface area contributed by atoms with E-state index in [1.54, 1.807) is 0 Å². The van der Waals surface area contributed by atoms with Crippen LogP contribution in [0.4, 0.5) is 10.2 Å². The van der Waals surface area contributed by atoms with Gasteiger partial charge in [0.15, 0.2) is 35.4 Å². The Labute approximate surface area is 266 Å². The molecule has 3 aliphatic rings. The average molecular weight is 723 g/mol. The zero-order valence-electron chi connectivity index (χ0n) is 23.0. The highest BCUT2D eigenvalue weighted by molar-refractivity contribution is 8.44. The van der Waals surface area contributed by atoms with Crippen LogP contribution in [0.5, 0.6) is 0 Å². The molecular weight excluding hydrogens is 697 g/mol. The maximum atomic E-state index is 14.8. The lowest BCUT2D eigenvalue weighted by molar-refractivity contribution is -0.0539. The standard InChI is InChI=1S/C22H25FN8O11P2S2/c23-8-3-30(18-11(8)20(34)28-6-26-18)22-16-13(32)9(39-22)1-2-37-43(35,45)41-15-10(4-38-44(36,46)42-16)40-21(14(15)33)31-7-29-12-17(24)25-5-27-19(12)31/h3,5-7,9-10,13-16,21-22,32-33H,1-2,4H2,(H,35,45)(H,36,46)(H2,24,25,27)(H,26,28,34)/t9-,10-,13-,14-,15-,16-,21-,22-,43?,44?/m1/s1. The summed E-state index contributed by atoms with van der Waals surface area (Å²) in [5, 5.41) is 22.1. The van der Waals surface area contributed by atoms with Gasteiger partial charge in [-0.25, -0.2) is 28.9 Å². The summed E-state index contributed by atoms with van der Waals surface area (Å²) in [7, 11) is 0. The summed E-state index contributed by atoms with van der Waals surface area (Å²) in [5.41, 5.74) is 5.43. The van der Waals surface area contributed by atoms with Crippen LogP contribution in [0, 0.1) is 5.82 Å². The van der Waals surface area contributed by atoms with E-state index in [1.165, 1.54) is 17.2 Å². The van der Waals surface area contributed by atoms with Gasteiger partial charge >= 0.3 is 13.5 Å². The zero-order chi connectivity index (χ0) is 32.5. The Hall–Kier alpha value is -2.43. The minimum atomic E-state index is -4.29. The smallest absolute Gasteiger partial charge is 0.386 e. The van der Waals surface area contributed by atoms with Crippen LogP contribution in [0.25, 0.3) is 22.2 Å². The van der Waals surface area contributed by atoms with Crippen molar-refractivity contribution in [1.82, 2.24) is 34.1 Å². The van der Waals surface area contributed by atoms with Gasteiger partial charge in [0.1, 0.15) is 47.8 Å². The second-order valence-corrected chi connectivity index (χ2v) is 16.2. The van der Waals surface area contributed by atoms with Crippen molar-refractivity contribution in [3.8, 4) is 0 Å². The molecule has 0 aliphatic carbocycles. The van der Waals surface area contributed by atoms with Crippen LogP contribution < -0.4 is 11.3 Å². The van der Waals surface area contributed by atoms with Gasteiger partial charge in [-0.3, -0.25) is 18.4 Å². The van der Waals surface area contributed by atoms with Gasteiger partial charge in [-0.1, -0.05) is 12.2 Å². The Kier molecular flexibility index (Phi) is 8.32. The topological polar surface area (TPSA) is 253 Å². The van der Waals surface area contributed by atoms with Crippen LogP contribution in [0.1, 0.15) is 18.9 Å². The largest absolute Gasteiger partial charge is 0.387 e. The SMILES string of the molecule is Nc1ncnc2c1ncn2[C@@H]1O[C@@H]2COP(O)(=S)O[C@@H]3[C@H](O)[C@@H](CCOP(=O)(S)O[C@H]2[C@H]1O)O[C@H]3n1cc(F)c2c(=O)[nH]cnc21. The van der Waals surface area contributed by atoms with Crippen LogP contribution in [0.2, 0.25) is 0 Å². The van der Waals surface area contributed by atoms with E-state index in [1.807, 2.05) is 0 Å². The first-order valence-corrected chi connectivity index (χ1v) is 18.8. The van der Waals surface area contributed by atoms with Crippen LogP contribution in [0.15, 0.2) is 30.0 Å². The number of anilines is 1. The quantitative estimate of drug-likeness (QED) is 0.120. The van der Waals surface area contributed by atoms with Gasteiger partial charge in [0.25, 0.3) is 5.56 Å². The van der Waals surface area contributed by atoms with Crippen molar-refractivity contribution in [2.24, 2.45) is 0 Å². The number of fused-ring (bicyclic) bond motifs is 5. The summed E-state index contributed by atoms with van der Waals surface area (Å²) in [4.78, 5) is 41.9. The molecule has 0 radical (unpaired) electrons. The first kappa shape index (κ1) is 32.1. The number of nitrogens with two attached hydrogens (primary N) is 1. The highest BCUT2D eigenvalue weighted by Crippen LogP contribution is 2.57. The van der Waals surface area contributed by atoms with Crippen molar-refractivity contribution in [3.05, 3.63) is 41.3 Å². The van der Waals surface area contributed by atoms with E-state index in [-0.39, 0.29) is 41.0 Å². The van der Waals surface area contributed by atoms with Crippen molar-refractivity contribution >= 4 is 65.6 Å². The number of halogens is 1. The maximum Gasteiger partial charge on any atom is 0.386 e. The van der Waals surface area contributed by atoms with E-state index in [9.17, 15) is 28.9 Å². The number of nitrogens with one attached hydrogen (secondary N) is 1. The molecular formula is C22H25FN8O11P2S2. The van der Waals surface area contributed by atoms with Crippen molar-refractivity contribution < 1.29 is 51.6 Å². The first-order chi connectivity index (χ1) is 21.8. The lowest BCUT2D eigenvalue weighted by atomic mass is 10.1. The molecule has 248 valence electrons. The Morgan fingerprint density at radius 1 is 1.04 bits per heavy atom. The number of H-pyrrole nitrogens is 1. The molecule has 2 bridgehead atoms. The molecule has 0 spiro atoms. The third kappa shape index (κ3) is 5.70. The van der Waals surface area contributed by atoms with Crippen molar-refractivity contribution in [2.75, 3.05) is 18.9 Å². The van der Waals surface area contributed by atoms with Gasteiger partial charge in [-0.2, -0.15) is 0 Å². The molecule has 19 nitrogen and oxygen atoms in total. The second-order valence-electron chi connectivity index (χ2n) is 10.5. The van der Waals surface area contributed by atoms with Crippen LogP contribution in [0.3, 0.4) is 0 Å². The normalized spacial score (nSPS) is 37.4. The lowest BCUT2D eigenvalue weighted by Crippen LogP contribution is -2.37. The number of aliphatic hydroxyl groups is 2. The zero-order valence-corrected chi connectivity index (χ0v) is 26.5. The molecule has 4 aromatic rings. The third-order valence-electron chi connectivity index (χ3n) is 7.70. The van der Waals surface area contributed by atoms with E-state index >= 15 is 0 Å². The number of aliphatic hydroxyl groups excluding tert-OH is 2. The second kappa shape index (κ2) is 11.9. The van der Waals surface area contributed by atoms with Gasteiger partial charge < -0.3 is 48.9 Å². The van der Waals surface area contributed by atoms with Crippen molar-refractivity contribution in [1.29, 1.82) is 0 Å². The number of nitrogens with zero attached hydrogens (tertiary/aromatic N) is 6. The number of nitrogen functional groups attached to an aromatic ring is 1. The number of hydrogen-bond acceptors (Lipinski definition) is 16. The maximum absolute atomic E-state index is 14.8. The first-order valence-electron chi connectivity index (χ1n) is 13.5. The molecule has 24 heteroatoms. The number of aromatic nitrogens is 7. The van der Waals surface area contributed by atoms with Gasteiger partial charge in [-0.05, 0) is 11.8 Å². The Morgan fingerprint density at radius 2 is 1.83 bits per heavy atom. The number of ether oxygens (including phenoxy) is 2. The molecule has 3 aliphatic heterocycles. The fraction of sp³-hybridized carbons (Fsp3) is 0.500. The number of hydrogen-bond donors (Lipinski definition) is 6. The molecule has 7 rings (SSSR count). The van der Waals surface area contributed by atoms with Gasteiger partial charge in [0, 0.05) is 12.6 Å². The lowest BCUT2D eigenvalue weighted by Gasteiger charge is -2.28. The fourth-order valence-corrected chi connectivity index (χ4v) is 8.58. The summed E-state index contributed by atoms with van der Waals surface area (Å²) in [6.45, 7) is -9.45. The van der Waals surface area contributed by atoms with Gasteiger partial charge in [-0.15, -0.1) is 0 Å². The summed E-state index contributed by atoms with van der Waals surface area (Å²) in [6, 6.07) is 0. The molecule has 6 N–H and O–H groups in total. The highest BCUT2D eigenvalue weighted by atomic mass is 32.7. The monoisotopic (exact) mass is 722 g/mol. The summed E-state index contributed by atoms with van der Waals surface area (Å²) >= 11 is 9.30. The van der Waals surface area contributed by atoms with E-state index < -0.39 is 80.6 Å². The number of rotatable bonds is 2. The van der Waals surface area contributed by atoms with Crippen molar-refractivity contribution in [3.63, 3.8) is 0 Å². The number of imidazole rings is 1. The Bertz CT molecular complexity index is 1970. The average Bonchev–Trinajstić information content (AvgIpc) is 3.73. The number of thiol groups is 1. The van der Waals surface area contributed by atoms with Crippen LogP contribution in [-0.2, 0) is 43.9 Å². The minimum Gasteiger partial charge on any atom is -0.387 e. The summed E-state index contributed by atoms with van der Waals surface area (Å²) < 4.78 is 65.0. The van der Waals surface area contributed by atoms with E-state index in [4.69, 9.17) is 45.1 Å². The molecule has 10 atom stereocenters. The van der Waals surface area contributed by atoms with Crippen LogP contribution in [-0.4, -0.2) is 99.0 Å². The molecule has 2 unspecified atom stereocenters. The molecule has 7 heterocycles. The molecule has 46 heavy (non-hydrogen) atoms. The van der Waals surface area contributed by atoms with Gasteiger partial charge in [0.2, 0.25) is 0 Å². The summed E-state index contributed by atoms with van der Waals surface area (Å²) in [6.07, 6.45) is -6.53. The molecule has 0 amide bonds. The Balaban J connectivity index is 1.21. The Morgan fingerprint density at radius 3 is 2.63 bits per heavy atom. The molecule has 4 aromatic heterocycles. The van der Waals surface area contributed by atoms with E-state index in [2.05, 4.69) is 37.2 Å². The molecule has 3 fully saturated rings. The van der Waals surface area contributed by atoms with Crippen LogP contribution >= 0.6 is 25.8 Å². The predicted molar refractivity (Wildman–Crippen MR) is 159 cm³/mol. The van der Waals surface area contributed by atoms with E-state index in [0.29, 0.717) is 0 Å².